The van der Waals surface area contributed by atoms with Gasteiger partial charge in [-0.3, -0.25) is 0 Å². The Balaban J connectivity index is 2.50. The molecule has 0 saturated heterocycles. The molecule has 4 N–H and O–H groups in total. The molecular weight excluding hydrogens is 144 g/mol. The van der Waals surface area contributed by atoms with Gasteiger partial charge in [0.25, 0.3) is 0 Å². The van der Waals surface area contributed by atoms with Crippen LogP contribution in [0.2, 0.25) is 0 Å². The highest BCUT2D eigenvalue weighted by Gasteiger charge is 2.03. The van der Waals surface area contributed by atoms with Gasteiger partial charge in [0.15, 0.2) is 0 Å². The first-order valence-electron chi connectivity index (χ1n) is 3.33. The Labute approximate surface area is 64.8 Å². The number of nitrogens with two attached hydrogens (primary N) is 2. The predicted octanol–water partition coefficient (Wildman–Crippen LogP) is 1.10. The Morgan fingerprint density at radius 2 is 2.40 bits per heavy atom. The van der Waals surface area contributed by atoms with E-state index in [1.807, 2.05) is 17.5 Å². The molecule has 0 spiro atoms. The van der Waals surface area contributed by atoms with Crippen molar-refractivity contribution in [3.05, 3.63) is 22.4 Å². The van der Waals surface area contributed by atoms with Crippen LogP contribution in [-0.2, 0) is 0 Å². The topological polar surface area (TPSA) is 52.0 Å². The second kappa shape index (κ2) is 3.71. The highest BCUT2D eigenvalue weighted by Crippen LogP contribution is 2.18. The van der Waals surface area contributed by atoms with Gasteiger partial charge in [0.1, 0.15) is 0 Å². The lowest BCUT2D eigenvalue weighted by molar-refractivity contribution is 0.672. The minimum absolute atomic E-state index is 0.144. The summed E-state index contributed by atoms with van der Waals surface area (Å²) < 4.78 is 0. The molecule has 1 rings (SSSR count). The smallest absolute Gasteiger partial charge is 0.0401 e. The summed E-state index contributed by atoms with van der Waals surface area (Å²) in [6, 6.07) is 4.20. The highest BCUT2D eigenvalue weighted by atomic mass is 32.1. The molecule has 0 aromatic carbocycles. The molecule has 56 valence electrons. The van der Waals surface area contributed by atoms with Crippen molar-refractivity contribution in [2.75, 3.05) is 6.54 Å². The molecule has 2 nitrogen and oxygen atoms in total. The maximum atomic E-state index is 5.78. The number of rotatable bonds is 3. The van der Waals surface area contributed by atoms with Gasteiger partial charge >= 0.3 is 0 Å². The van der Waals surface area contributed by atoms with Crippen molar-refractivity contribution in [3.63, 3.8) is 0 Å². The molecule has 0 saturated carbocycles. The monoisotopic (exact) mass is 156 g/mol. The number of hydrogen-bond acceptors (Lipinski definition) is 3. The lowest BCUT2D eigenvalue weighted by Crippen LogP contribution is -2.13. The van der Waals surface area contributed by atoms with Gasteiger partial charge in [0, 0.05) is 10.9 Å². The van der Waals surface area contributed by atoms with E-state index in [9.17, 15) is 0 Å². The Hall–Kier alpha value is -0.380. The zero-order valence-electron chi connectivity index (χ0n) is 5.79. The minimum atomic E-state index is 0.144. The summed E-state index contributed by atoms with van der Waals surface area (Å²) in [5.74, 6) is 0. The standard InChI is InChI=1S/C7H12N2S/c8-4-3-6(9)7-2-1-5-10-7/h1-2,5-6H,3-4,8-9H2. The van der Waals surface area contributed by atoms with E-state index in [0.717, 1.165) is 6.42 Å². The van der Waals surface area contributed by atoms with Gasteiger partial charge in [0.05, 0.1) is 0 Å². The van der Waals surface area contributed by atoms with Crippen LogP contribution in [0, 0.1) is 0 Å². The quantitative estimate of drug-likeness (QED) is 0.688. The lowest BCUT2D eigenvalue weighted by Gasteiger charge is -2.05. The first-order valence-corrected chi connectivity index (χ1v) is 4.21. The summed E-state index contributed by atoms with van der Waals surface area (Å²) in [5.41, 5.74) is 11.1. The van der Waals surface area contributed by atoms with E-state index >= 15 is 0 Å². The fourth-order valence-electron chi connectivity index (χ4n) is 0.824. The Kier molecular flexibility index (Phi) is 2.86. The largest absolute Gasteiger partial charge is 0.330 e. The van der Waals surface area contributed by atoms with Crippen molar-refractivity contribution < 1.29 is 0 Å². The van der Waals surface area contributed by atoms with Crippen LogP contribution in [0.25, 0.3) is 0 Å². The van der Waals surface area contributed by atoms with Crippen LogP contribution in [0.15, 0.2) is 17.5 Å². The molecule has 1 atom stereocenters. The maximum Gasteiger partial charge on any atom is 0.0401 e. The van der Waals surface area contributed by atoms with Crippen LogP contribution in [0.5, 0.6) is 0 Å². The molecular formula is C7H12N2S. The van der Waals surface area contributed by atoms with E-state index in [0.29, 0.717) is 6.54 Å². The van der Waals surface area contributed by atoms with E-state index in [-0.39, 0.29) is 6.04 Å². The van der Waals surface area contributed by atoms with E-state index in [1.54, 1.807) is 11.3 Å². The summed E-state index contributed by atoms with van der Waals surface area (Å²) in [4.78, 5) is 1.23. The average Bonchev–Trinajstić information content (AvgIpc) is 2.38. The van der Waals surface area contributed by atoms with E-state index < -0.39 is 0 Å². The van der Waals surface area contributed by atoms with Crippen molar-refractivity contribution in [1.29, 1.82) is 0 Å². The molecule has 0 aliphatic carbocycles. The van der Waals surface area contributed by atoms with Crippen LogP contribution in [0.1, 0.15) is 17.3 Å². The molecule has 0 amide bonds. The van der Waals surface area contributed by atoms with Crippen LogP contribution >= 0.6 is 11.3 Å². The highest BCUT2D eigenvalue weighted by molar-refractivity contribution is 7.10. The molecule has 1 heterocycles. The molecule has 0 radical (unpaired) electrons. The summed E-state index contributed by atoms with van der Waals surface area (Å²) in [7, 11) is 0. The van der Waals surface area contributed by atoms with Crippen molar-refractivity contribution in [2.24, 2.45) is 11.5 Å². The van der Waals surface area contributed by atoms with Crippen LogP contribution in [0.4, 0.5) is 0 Å². The molecule has 0 bridgehead atoms. The van der Waals surface area contributed by atoms with E-state index in [2.05, 4.69) is 0 Å². The van der Waals surface area contributed by atoms with Crippen LogP contribution in [-0.4, -0.2) is 6.54 Å². The summed E-state index contributed by atoms with van der Waals surface area (Å²) >= 11 is 1.69. The van der Waals surface area contributed by atoms with Gasteiger partial charge in [-0.25, -0.2) is 0 Å². The first kappa shape index (κ1) is 7.72. The Bertz CT molecular complexity index is 172. The van der Waals surface area contributed by atoms with Crippen molar-refractivity contribution in [2.45, 2.75) is 12.5 Å². The molecule has 1 aromatic rings. The summed E-state index contributed by atoms with van der Waals surface area (Å²) in [6.07, 6.45) is 0.876. The number of thiophene rings is 1. The second-order valence-electron chi connectivity index (χ2n) is 2.20. The summed E-state index contributed by atoms with van der Waals surface area (Å²) in [6.45, 7) is 0.666. The molecule has 1 unspecified atom stereocenters. The average molecular weight is 156 g/mol. The molecule has 1 aromatic heterocycles. The fraction of sp³-hybridized carbons (Fsp3) is 0.429. The second-order valence-corrected chi connectivity index (χ2v) is 3.18. The molecule has 0 aliphatic heterocycles. The lowest BCUT2D eigenvalue weighted by atomic mass is 10.2. The molecule has 0 fully saturated rings. The zero-order chi connectivity index (χ0) is 7.40. The fourth-order valence-corrected chi connectivity index (χ4v) is 1.59. The van der Waals surface area contributed by atoms with Crippen LogP contribution in [0.3, 0.4) is 0 Å². The van der Waals surface area contributed by atoms with Gasteiger partial charge in [-0.05, 0) is 24.4 Å². The van der Waals surface area contributed by atoms with Crippen molar-refractivity contribution in [3.8, 4) is 0 Å². The maximum absolute atomic E-state index is 5.78. The normalized spacial score (nSPS) is 13.4. The first-order chi connectivity index (χ1) is 4.84. The van der Waals surface area contributed by atoms with E-state index in [1.165, 1.54) is 4.88 Å². The zero-order valence-corrected chi connectivity index (χ0v) is 6.60. The van der Waals surface area contributed by atoms with Gasteiger partial charge < -0.3 is 11.5 Å². The van der Waals surface area contributed by atoms with Gasteiger partial charge in [-0.2, -0.15) is 0 Å². The van der Waals surface area contributed by atoms with Crippen LogP contribution < -0.4 is 11.5 Å². The van der Waals surface area contributed by atoms with Crippen molar-refractivity contribution >= 4 is 11.3 Å². The molecule has 10 heavy (non-hydrogen) atoms. The van der Waals surface area contributed by atoms with Gasteiger partial charge in [-0.1, -0.05) is 6.07 Å². The third-order valence-corrected chi connectivity index (χ3v) is 2.39. The molecule has 3 heteroatoms. The SMILES string of the molecule is NCCC(N)c1cccs1. The number of hydrogen-bond donors (Lipinski definition) is 2. The summed E-state index contributed by atoms with van der Waals surface area (Å²) in [5, 5.41) is 2.03. The third-order valence-electron chi connectivity index (χ3n) is 1.39. The molecule has 0 aliphatic rings. The minimum Gasteiger partial charge on any atom is -0.330 e. The Morgan fingerprint density at radius 1 is 1.60 bits per heavy atom. The van der Waals surface area contributed by atoms with E-state index in [4.69, 9.17) is 11.5 Å². The third kappa shape index (κ3) is 1.80. The van der Waals surface area contributed by atoms with Crippen molar-refractivity contribution in [1.82, 2.24) is 0 Å². The van der Waals surface area contributed by atoms with Gasteiger partial charge in [-0.15, -0.1) is 11.3 Å². The predicted molar refractivity (Wildman–Crippen MR) is 44.9 cm³/mol. The Morgan fingerprint density at radius 3 is 2.90 bits per heavy atom. The van der Waals surface area contributed by atoms with Gasteiger partial charge in [0.2, 0.25) is 0 Å².